The van der Waals surface area contributed by atoms with Crippen LogP contribution in [0.15, 0.2) is 48.7 Å². The van der Waals surface area contributed by atoms with Crippen molar-refractivity contribution >= 4 is 17.5 Å². The number of methoxy groups -OCH3 is 1. The fraction of sp³-hybridized carbons (Fsp3) is 0.286. The van der Waals surface area contributed by atoms with Gasteiger partial charge in [0.15, 0.2) is 5.82 Å². The van der Waals surface area contributed by atoms with E-state index in [1.165, 1.54) is 11.1 Å². The van der Waals surface area contributed by atoms with Crippen LogP contribution < -0.4 is 15.4 Å². The molecule has 6 heteroatoms. The summed E-state index contributed by atoms with van der Waals surface area (Å²) in [5.74, 6) is 1.97. The Morgan fingerprint density at radius 2 is 1.63 bits per heavy atom. The summed E-state index contributed by atoms with van der Waals surface area (Å²) in [6, 6.07) is 14.2. The number of benzene rings is 2. The van der Waals surface area contributed by atoms with Crippen LogP contribution in [0.2, 0.25) is 0 Å². The molecule has 1 aromatic heterocycles. The second-order valence-electron chi connectivity index (χ2n) is 6.11. The molecule has 6 nitrogen and oxygen atoms in total. The first kappa shape index (κ1) is 18.6. The van der Waals surface area contributed by atoms with Crippen LogP contribution in [0, 0.1) is 0 Å². The smallest absolute Gasteiger partial charge is 0.244 e. The Labute approximate surface area is 160 Å². The van der Waals surface area contributed by atoms with Crippen molar-refractivity contribution in [2.75, 3.05) is 17.7 Å². The first-order valence-electron chi connectivity index (χ1n) is 9.18. The number of ether oxygens (including phenoxy) is 1. The molecule has 0 unspecified atom stereocenters. The third-order valence-corrected chi connectivity index (χ3v) is 4.44. The van der Waals surface area contributed by atoms with Crippen LogP contribution in [0.25, 0.3) is 0 Å². The molecule has 1 heterocycles. The van der Waals surface area contributed by atoms with Crippen LogP contribution in [0.3, 0.4) is 0 Å². The van der Waals surface area contributed by atoms with Gasteiger partial charge in [0.05, 0.1) is 13.3 Å². The molecule has 0 bridgehead atoms. The van der Waals surface area contributed by atoms with E-state index in [0.717, 1.165) is 29.8 Å². The lowest BCUT2D eigenvalue weighted by molar-refractivity contribution is 0.410. The van der Waals surface area contributed by atoms with Crippen molar-refractivity contribution < 1.29 is 4.74 Å². The molecule has 140 valence electrons. The molecule has 0 saturated carbocycles. The Bertz CT molecular complexity index is 875. The first-order valence-corrected chi connectivity index (χ1v) is 9.18. The van der Waals surface area contributed by atoms with Crippen molar-refractivity contribution in [2.24, 2.45) is 0 Å². The number of nitrogens with zero attached hydrogens (tertiary/aromatic N) is 3. The van der Waals surface area contributed by atoms with Crippen molar-refractivity contribution in [1.29, 1.82) is 0 Å². The zero-order chi connectivity index (χ0) is 19.1. The molecule has 27 heavy (non-hydrogen) atoms. The Hall–Kier alpha value is -3.15. The topological polar surface area (TPSA) is 72.0 Å². The minimum Gasteiger partial charge on any atom is -0.496 e. The van der Waals surface area contributed by atoms with Crippen LogP contribution in [-0.2, 0) is 19.4 Å². The molecule has 3 aromatic rings. The first-order chi connectivity index (χ1) is 13.2. The molecular formula is C21H25N5O. The van der Waals surface area contributed by atoms with E-state index < -0.39 is 0 Å². The maximum absolute atomic E-state index is 5.38. The van der Waals surface area contributed by atoms with Gasteiger partial charge in [0.25, 0.3) is 0 Å². The maximum Gasteiger partial charge on any atom is 0.244 e. The summed E-state index contributed by atoms with van der Waals surface area (Å²) in [7, 11) is 1.66. The van der Waals surface area contributed by atoms with Crippen molar-refractivity contribution in [2.45, 2.75) is 33.2 Å². The summed E-state index contributed by atoms with van der Waals surface area (Å²) in [5.41, 5.74) is 4.67. The molecule has 0 amide bonds. The van der Waals surface area contributed by atoms with Crippen LogP contribution in [0.1, 0.15) is 30.5 Å². The Kier molecular flexibility index (Phi) is 6.20. The average molecular weight is 363 g/mol. The lowest BCUT2D eigenvalue weighted by atomic mass is 10.0. The summed E-state index contributed by atoms with van der Waals surface area (Å²) in [5, 5.41) is 14.8. The molecule has 0 aliphatic rings. The van der Waals surface area contributed by atoms with Gasteiger partial charge in [-0.2, -0.15) is 10.1 Å². The van der Waals surface area contributed by atoms with E-state index in [1.54, 1.807) is 13.3 Å². The quantitative estimate of drug-likeness (QED) is 0.619. The van der Waals surface area contributed by atoms with E-state index >= 15 is 0 Å². The molecule has 2 aromatic carbocycles. The van der Waals surface area contributed by atoms with Gasteiger partial charge in [-0.05, 0) is 30.0 Å². The van der Waals surface area contributed by atoms with Crippen LogP contribution in [0.5, 0.6) is 5.75 Å². The van der Waals surface area contributed by atoms with Gasteiger partial charge in [-0.15, -0.1) is 5.10 Å². The largest absolute Gasteiger partial charge is 0.496 e. The number of hydrogen-bond acceptors (Lipinski definition) is 6. The van der Waals surface area contributed by atoms with E-state index in [-0.39, 0.29) is 0 Å². The average Bonchev–Trinajstić information content (AvgIpc) is 2.73. The highest BCUT2D eigenvalue weighted by molar-refractivity contribution is 5.65. The summed E-state index contributed by atoms with van der Waals surface area (Å²) >= 11 is 0. The molecule has 2 N–H and O–H groups in total. The van der Waals surface area contributed by atoms with E-state index in [0.29, 0.717) is 18.3 Å². The lowest BCUT2D eigenvalue weighted by Crippen LogP contribution is -2.08. The van der Waals surface area contributed by atoms with Gasteiger partial charge in [0, 0.05) is 17.8 Å². The van der Waals surface area contributed by atoms with Crippen molar-refractivity contribution in [3.8, 4) is 5.75 Å². The number of anilines is 3. The van der Waals surface area contributed by atoms with E-state index in [4.69, 9.17) is 4.74 Å². The number of nitrogens with one attached hydrogen (secondary N) is 2. The summed E-state index contributed by atoms with van der Waals surface area (Å²) in [4.78, 5) is 4.55. The van der Waals surface area contributed by atoms with Crippen molar-refractivity contribution in [3.05, 3.63) is 65.4 Å². The molecular weight excluding hydrogens is 338 g/mol. The molecule has 0 aliphatic heterocycles. The van der Waals surface area contributed by atoms with Gasteiger partial charge < -0.3 is 15.4 Å². The van der Waals surface area contributed by atoms with Crippen LogP contribution in [0.4, 0.5) is 17.5 Å². The van der Waals surface area contributed by atoms with E-state index in [1.807, 2.05) is 24.3 Å². The third-order valence-electron chi connectivity index (χ3n) is 4.44. The molecule has 0 atom stereocenters. The molecule has 0 aliphatic carbocycles. The van der Waals surface area contributed by atoms with Crippen LogP contribution in [-0.4, -0.2) is 22.3 Å². The van der Waals surface area contributed by atoms with Gasteiger partial charge in [-0.3, -0.25) is 0 Å². The zero-order valence-corrected chi connectivity index (χ0v) is 16.0. The molecule has 0 fully saturated rings. The Balaban J connectivity index is 1.77. The predicted octanol–water partition coefficient (Wildman–Crippen LogP) is 4.36. The standard InChI is InChI=1S/C21H25N5O/c1-4-15-10-8-11-16(5-2)20(15)24-19-14-23-26-21(25-19)22-13-17-9-6-7-12-18(17)27-3/h6-12,14H,4-5,13H2,1-3H3,(H2,22,24,25,26). The summed E-state index contributed by atoms with van der Waals surface area (Å²) in [6.45, 7) is 4.86. The second kappa shape index (κ2) is 8.98. The second-order valence-corrected chi connectivity index (χ2v) is 6.11. The van der Waals surface area contributed by atoms with Gasteiger partial charge in [0.1, 0.15) is 5.75 Å². The van der Waals surface area contributed by atoms with E-state index in [9.17, 15) is 0 Å². The molecule has 0 saturated heterocycles. The monoisotopic (exact) mass is 363 g/mol. The fourth-order valence-electron chi connectivity index (χ4n) is 2.99. The van der Waals surface area contributed by atoms with Gasteiger partial charge in [0.2, 0.25) is 5.95 Å². The lowest BCUT2D eigenvalue weighted by Gasteiger charge is -2.15. The highest BCUT2D eigenvalue weighted by atomic mass is 16.5. The maximum atomic E-state index is 5.38. The predicted molar refractivity (Wildman–Crippen MR) is 109 cm³/mol. The number of aromatic nitrogens is 3. The fourth-order valence-corrected chi connectivity index (χ4v) is 2.99. The summed E-state index contributed by atoms with van der Waals surface area (Å²) < 4.78 is 5.38. The van der Waals surface area contributed by atoms with Gasteiger partial charge in [-0.25, -0.2) is 0 Å². The normalized spacial score (nSPS) is 10.5. The zero-order valence-electron chi connectivity index (χ0n) is 16.0. The Morgan fingerprint density at radius 1 is 0.926 bits per heavy atom. The number of hydrogen-bond donors (Lipinski definition) is 2. The van der Waals surface area contributed by atoms with Gasteiger partial charge >= 0.3 is 0 Å². The number of para-hydroxylation sites is 2. The molecule has 0 spiro atoms. The van der Waals surface area contributed by atoms with E-state index in [2.05, 4.69) is 57.9 Å². The molecule has 0 radical (unpaired) electrons. The summed E-state index contributed by atoms with van der Waals surface area (Å²) in [6.07, 6.45) is 3.54. The van der Waals surface area contributed by atoms with Gasteiger partial charge in [-0.1, -0.05) is 50.2 Å². The number of aryl methyl sites for hydroxylation is 2. The molecule has 3 rings (SSSR count). The highest BCUT2D eigenvalue weighted by Gasteiger charge is 2.09. The number of rotatable bonds is 8. The van der Waals surface area contributed by atoms with Crippen molar-refractivity contribution in [3.63, 3.8) is 0 Å². The SMILES string of the molecule is CCc1cccc(CC)c1Nc1cnnc(NCc2ccccc2OC)n1. The third kappa shape index (κ3) is 4.53. The minimum atomic E-state index is 0.470. The highest BCUT2D eigenvalue weighted by Crippen LogP contribution is 2.26. The Morgan fingerprint density at radius 3 is 2.33 bits per heavy atom. The van der Waals surface area contributed by atoms with Crippen molar-refractivity contribution in [1.82, 2.24) is 15.2 Å². The minimum absolute atomic E-state index is 0.470. The van der Waals surface area contributed by atoms with Crippen LogP contribution >= 0.6 is 0 Å².